The summed E-state index contributed by atoms with van der Waals surface area (Å²) in [5.74, 6) is -0.670. The third-order valence-electron chi connectivity index (χ3n) is 6.11. The van der Waals surface area contributed by atoms with E-state index in [4.69, 9.17) is 13.8 Å². The molecular weight excluding hydrogens is 435 g/mol. The number of allylic oxidation sites excluding steroid dienone is 4. The summed E-state index contributed by atoms with van der Waals surface area (Å²) in [6.45, 7) is 16.4. The number of benzene rings is 1. The molecule has 5 nitrogen and oxygen atoms in total. The number of ether oxygens (including phenoxy) is 1. The molecule has 2 atom stereocenters. The van der Waals surface area contributed by atoms with Crippen LogP contribution in [0.25, 0.3) is 0 Å². The van der Waals surface area contributed by atoms with Gasteiger partial charge in [0.15, 0.2) is 5.16 Å². The predicted molar refractivity (Wildman–Crippen MR) is 134 cm³/mol. The Hall–Kier alpha value is -1.94. The minimum atomic E-state index is -3.77. The number of hydrogen-bond donors (Lipinski definition) is 0. The number of esters is 1. The second kappa shape index (κ2) is 12.5. The molecule has 33 heavy (non-hydrogen) atoms. The molecule has 1 aromatic rings. The molecule has 1 saturated carbocycles. The van der Waals surface area contributed by atoms with Gasteiger partial charge in [-0.1, -0.05) is 66.3 Å². The van der Waals surface area contributed by atoms with Gasteiger partial charge in [0.2, 0.25) is 0 Å². The number of rotatable bonds is 13. The Morgan fingerprint density at radius 2 is 1.79 bits per heavy atom. The fourth-order valence-electron chi connectivity index (χ4n) is 4.52. The summed E-state index contributed by atoms with van der Waals surface area (Å²) in [4.78, 5) is 13.1. The largest absolute Gasteiger partial charge is 0.465 e. The second-order valence-electron chi connectivity index (χ2n) is 8.59. The molecule has 182 valence electrons. The molecule has 0 amide bonds. The van der Waals surface area contributed by atoms with Crippen molar-refractivity contribution in [3.8, 4) is 0 Å². The minimum absolute atomic E-state index is 0.133. The van der Waals surface area contributed by atoms with Gasteiger partial charge < -0.3 is 13.8 Å². The van der Waals surface area contributed by atoms with Crippen LogP contribution in [0.2, 0.25) is 0 Å². The zero-order valence-electron chi connectivity index (χ0n) is 20.6. The molecule has 0 aliphatic heterocycles. The Kier molecular flexibility index (Phi) is 10.3. The molecule has 2 rings (SSSR count). The van der Waals surface area contributed by atoms with E-state index in [1.807, 2.05) is 6.07 Å². The van der Waals surface area contributed by atoms with Gasteiger partial charge >= 0.3 is 13.6 Å². The van der Waals surface area contributed by atoms with Crippen LogP contribution in [0.1, 0.15) is 58.9 Å². The van der Waals surface area contributed by atoms with Gasteiger partial charge in [0.05, 0.1) is 19.8 Å². The summed E-state index contributed by atoms with van der Waals surface area (Å²) in [5, 5.41) is -1.38. The predicted octanol–water partition coefficient (Wildman–Crippen LogP) is 7.05. The van der Waals surface area contributed by atoms with Crippen molar-refractivity contribution in [2.24, 2.45) is 5.92 Å². The third-order valence-corrected chi connectivity index (χ3v) is 8.88. The zero-order chi connectivity index (χ0) is 24.5. The highest BCUT2D eigenvalue weighted by atomic mass is 31.2. The highest BCUT2D eigenvalue weighted by molar-refractivity contribution is 7.56. The van der Waals surface area contributed by atoms with Crippen LogP contribution >= 0.6 is 7.60 Å². The van der Waals surface area contributed by atoms with Gasteiger partial charge in [-0.15, -0.1) is 0 Å². The fourth-order valence-corrected chi connectivity index (χ4v) is 6.86. The maximum absolute atomic E-state index is 13.8. The van der Waals surface area contributed by atoms with E-state index in [2.05, 4.69) is 50.4 Å². The molecule has 0 bridgehead atoms. The van der Waals surface area contributed by atoms with E-state index in [1.54, 1.807) is 20.8 Å². The van der Waals surface area contributed by atoms with Crippen molar-refractivity contribution in [1.29, 1.82) is 0 Å². The van der Waals surface area contributed by atoms with Crippen molar-refractivity contribution in [2.45, 2.75) is 65.0 Å². The lowest BCUT2D eigenvalue weighted by molar-refractivity contribution is -0.147. The molecule has 0 spiro atoms. The van der Waals surface area contributed by atoms with E-state index >= 15 is 0 Å². The van der Waals surface area contributed by atoms with Crippen LogP contribution in [0.4, 0.5) is 0 Å². The quantitative estimate of drug-likeness (QED) is 0.174. The first kappa shape index (κ1) is 27.3. The van der Waals surface area contributed by atoms with Crippen LogP contribution in [0.5, 0.6) is 0 Å². The normalized spacial score (nSPS) is 21.3. The van der Waals surface area contributed by atoms with Crippen molar-refractivity contribution in [3.05, 3.63) is 71.8 Å². The first-order valence-corrected chi connectivity index (χ1v) is 13.4. The van der Waals surface area contributed by atoms with Crippen LogP contribution in [-0.2, 0) is 29.6 Å². The standard InChI is InChI=1S/C27H39O5P/c1-7-30-26(28)27(33(29,31-8-2)32-9-3)19-23(6)25(20-27)22(5)15-13-14-21(4)18-24-16-11-10-12-17-24/h10-12,14,16-17,25H,5-9,13,15,18-20H2,1-4H3/b21-14+/t25-,27+/m1/s1. The molecule has 0 saturated heterocycles. The van der Waals surface area contributed by atoms with E-state index in [9.17, 15) is 9.36 Å². The summed E-state index contributed by atoms with van der Waals surface area (Å²) in [6.07, 6.45) is 5.27. The van der Waals surface area contributed by atoms with Crippen LogP contribution in [0, 0.1) is 5.92 Å². The van der Waals surface area contributed by atoms with Crippen molar-refractivity contribution >= 4 is 13.6 Å². The molecule has 0 aromatic heterocycles. The van der Waals surface area contributed by atoms with E-state index in [1.165, 1.54) is 11.1 Å². The SMILES string of the molecule is C=C(CC/C=C(\C)Cc1ccccc1)[C@H]1C[C@@](C(=O)OCC)(P(=O)(OCC)OCC)CC1=C. The maximum Gasteiger partial charge on any atom is 0.348 e. The van der Waals surface area contributed by atoms with Gasteiger partial charge in [-0.05, 0) is 65.4 Å². The van der Waals surface area contributed by atoms with Gasteiger partial charge in [-0.3, -0.25) is 9.36 Å². The Labute approximate surface area is 199 Å². The Balaban J connectivity index is 2.14. The molecular formula is C27H39O5P. The average molecular weight is 475 g/mol. The van der Waals surface area contributed by atoms with Gasteiger partial charge in [-0.25, -0.2) is 0 Å². The summed E-state index contributed by atoms with van der Waals surface area (Å²) in [6, 6.07) is 10.4. The van der Waals surface area contributed by atoms with Crippen molar-refractivity contribution < 1.29 is 23.1 Å². The van der Waals surface area contributed by atoms with Crippen molar-refractivity contribution in [3.63, 3.8) is 0 Å². The molecule has 1 fully saturated rings. The van der Waals surface area contributed by atoms with Crippen LogP contribution < -0.4 is 0 Å². The third kappa shape index (κ3) is 6.56. The monoisotopic (exact) mass is 474 g/mol. The molecule has 1 aliphatic rings. The number of hydrogen-bond acceptors (Lipinski definition) is 5. The molecule has 0 N–H and O–H groups in total. The average Bonchev–Trinajstić information content (AvgIpc) is 3.14. The fraction of sp³-hybridized carbons (Fsp3) is 0.519. The lowest BCUT2D eigenvalue weighted by Crippen LogP contribution is -2.39. The highest BCUT2D eigenvalue weighted by Gasteiger charge is 2.62. The van der Waals surface area contributed by atoms with Crippen molar-refractivity contribution in [2.75, 3.05) is 19.8 Å². The van der Waals surface area contributed by atoms with E-state index < -0.39 is 18.7 Å². The summed E-state index contributed by atoms with van der Waals surface area (Å²) in [7, 11) is -3.77. The summed E-state index contributed by atoms with van der Waals surface area (Å²) < 4.78 is 30.4. The van der Waals surface area contributed by atoms with E-state index in [-0.39, 0.29) is 38.6 Å². The maximum atomic E-state index is 13.8. The van der Waals surface area contributed by atoms with Gasteiger partial charge in [0.1, 0.15) is 0 Å². The number of carbonyl (C=O) groups excluding carboxylic acids is 1. The molecule has 6 heteroatoms. The van der Waals surface area contributed by atoms with Gasteiger partial charge in [0, 0.05) is 5.92 Å². The first-order valence-electron chi connectivity index (χ1n) is 11.8. The summed E-state index contributed by atoms with van der Waals surface area (Å²) in [5.41, 5.74) is 4.40. The Bertz CT molecular complexity index is 894. The van der Waals surface area contributed by atoms with Gasteiger partial charge in [-0.2, -0.15) is 0 Å². The minimum Gasteiger partial charge on any atom is -0.465 e. The van der Waals surface area contributed by atoms with Crippen LogP contribution in [-0.4, -0.2) is 30.9 Å². The smallest absolute Gasteiger partial charge is 0.348 e. The molecule has 1 aromatic carbocycles. The van der Waals surface area contributed by atoms with Gasteiger partial charge in [0.25, 0.3) is 0 Å². The molecule has 0 heterocycles. The summed E-state index contributed by atoms with van der Waals surface area (Å²) >= 11 is 0. The lowest BCUT2D eigenvalue weighted by Gasteiger charge is -2.33. The van der Waals surface area contributed by atoms with E-state index in [0.717, 1.165) is 30.4 Å². The van der Waals surface area contributed by atoms with Crippen LogP contribution in [0.15, 0.2) is 66.3 Å². The van der Waals surface area contributed by atoms with Crippen LogP contribution in [0.3, 0.4) is 0 Å². The Morgan fingerprint density at radius 3 is 2.36 bits per heavy atom. The second-order valence-corrected chi connectivity index (χ2v) is 11.0. The number of carbonyl (C=O) groups is 1. The molecule has 1 aliphatic carbocycles. The van der Waals surface area contributed by atoms with E-state index in [0.29, 0.717) is 0 Å². The van der Waals surface area contributed by atoms with Crippen molar-refractivity contribution in [1.82, 2.24) is 0 Å². The highest BCUT2D eigenvalue weighted by Crippen LogP contribution is 2.68. The molecule has 0 radical (unpaired) electrons. The first-order chi connectivity index (χ1) is 15.7. The Morgan fingerprint density at radius 1 is 1.15 bits per heavy atom. The zero-order valence-corrected chi connectivity index (χ0v) is 21.5. The topological polar surface area (TPSA) is 61.8 Å². The molecule has 0 unspecified atom stereocenters. The lowest BCUT2D eigenvalue weighted by atomic mass is 9.91.